The summed E-state index contributed by atoms with van der Waals surface area (Å²) in [5.74, 6) is 0. The first kappa shape index (κ1) is 10.6. The summed E-state index contributed by atoms with van der Waals surface area (Å²) in [5, 5.41) is 3.30. The number of nitrogens with one attached hydrogen (secondary N) is 1. The van der Waals surface area contributed by atoms with E-state index in [0.717, 1.165) is 17.9 Å². The summed E-state index contributed by atoms with van der Waals surface area (Å²) in [4.78, 5) is 2.23. The lowest BCUT2D eigenvalue weighted by Gasteiger charge is -2.32. The van der Waals surface area contributed by atoms with Crippen molar-refractivity contribution in [2.75, 3.05) is 17.2 Å². The maximum absolute atomic E-state index is 5.99. The van der Waals surface area contributed by atoms with Gasteiger partial charge in [0.1, 0.15) is 6.17 Å². The molecule has 3 N–H and O–H groups in total. The lowest BCUT2D eigenvalue weighted by Crippen LogP contribution is -2.43. The van der Waals surface area contributed by atoms with Crippen LogP contribution in [0.4, 0.5) is 11.4 Å². The largest absolute Gasteiger partial charge is 0.397 e. The molecule has 0 spiro atoms. The van der Waals surface area contributed by atoms with Crippen molar-refractivity contribution in [2.24, 2.45) is 0 Å². The van der Waals surface area contributed by atoms with Crippen molar-refractivity contribution in [1.29, 1.82) is 0 Å². The number of hydrogen-bond donors (Lipinski definition) is 2. The highest BCUT2D eigenvalue weighted by molar-refractivity contribution is 5.68. The molecule has 1 unspecified atom stereocenters. The Morgan fingerprint density at radius 1 is 1.31 bits per heavy atom. The van der Waals surface area contributed by atoms with Gasteiger partial charge in [-0.25, -0.2) is 0 Å². The van der Waals surface area contributed by atoms with Gasteiger partial charge in [-0.05, 0) is 37.4 Å². The molecular formula is C13H17N3. The fourth-order valence-corrected chi connectivity index (χ4v) is 1.89. The van der Waals surface area contributed by atoms with E-state index in [-0.39, 0.29) is 6.17 Å². The van der Waals surface area contributed by atoms with E-state index in [2.05, 4.69) is 23.2 Å². The van der Waals surface area contributed by atoms with Gasteiger partial charge in [0.15, 0.2) is 0 Å². The van der Waals surface area contributed by atoms with Gasteiger partial charge >= 0.3 is 0 Å². The molecule has 1 aliphatic rings. The predicted octanol–water partition coefficient (Wildman–Crippen LogP) is 2.09. The summed E-state index contributed by atoms with van der Waals surface area (Å²) in [5.41, 5.74) is 7.88. The Bertz CT molecular complexity index is 409. The van der Waals surface area contributed by atoms with Crippen molar-refractivity contribution in [3.63, 3.8) is 0 Å². The lowest BCUT2D eigenvalue weighted by atomic mass is 10.2. The van der Waals surface area contributed by atoms with Gasteiger partial charge in [0, 0.05) is 6.54 Å². The minimum absolute atomic E-state index is 0.180. The first-order valence-corrected chi connectivity index (χ1v) is 5.53. The average molecular weight is 215 g/mol. The second-order valence-electron chi connectivity index (χ2n) is 3.70. The molecule has 0 saturated carbocycles. The van der Waals surface area contributed by atoms with E-state index in [1.165, 1.54) is 0 Å². The maximum Gasteiger partial charge on any atom is 0.118 e. The third kappa shape index (κ3) is 2.03. The quantitative estimate of drug-likeness (QED) is 0.759. The van der Waals surface area contributed by atoms with Crippen LogP contribution >= 0.6 is 0 Å². The van der Waals surface area contributed by atoms with Crippen molar-refractivity contribution in [1.82, 2.24) is 5.32 Å². The lowest BCUT2D eigenvalue weighted by molar-refractivity contribution is 0.642. The van der Waals surface area contributed by atoms with Gasteiger partial charge < -0.3 is 16.0 Å². The molecule has 1 heterocycles. The number of likely N-dealkylation sites (N-methyl/N-ethyl adjacent to an activating group) is 1. The molecule has 3 heteroatoms. The van der Waals surface area contributed by atoms with Crippen LogP contribution in [0.3, 0.4) is 0 Å². The second kappa shape index (κ2) is 4.75. The molecule has 84 valence electrons. The molecule has 16 heavy (non-hydrogen) atoms. The minimum atomic E-state index is 0.180. The molecule has 0 radical (unpaired) electrons. The van der Waals surface area contributed by atoms with E-state index in [1.54, 1.807) is 0 Å². The molecule has 0 bridgehead atoms. The van der Waals surface area contributed by atoms with Gasteiger partial charge in [-0.2, -0.15) is 0 Å². The highest BCUT2D eigenvalue weighted by Gasteiger charge is 2.15. The van der Waals surface area contributed by atoms with E-state index in [1.807, 2.05) is 42.6 Å². The molecule has 1 atom stereocenters. The highest BCUT2D eigenvalue weighted by atomic mass is 15.3. The molecule has 3 nitrogen and oxygen atoms in total. The van der Waals surface area contributed by atoms with Crippen LogP contribution in [0.25, 0.3) is 0 Å². The van der Waals surface area contributed by atoms with Crippen LogP contribution in [0.1, 0.15) is 6.92 Å². The minimum Gasteiger partial charge on any atom is -0.397 e. The maximum atomic E-state index is 5.99. The zero-order valence-corrected chi connectivity index (χ0v) is 9.43. The number of benzene rings is 1. The van der Waals surface area contributed by atoms with Gasteiger partial charge in [-0.15, -0.1) is 0 Å². The van der Waals surface area contributed by atoms with E-state index in [9.17, 15) is 0 Å². The molecule has 1 aliphatic heterocycles. The van der Waals surface area contributed by atoms with Gasteiger partial charge in [0.2, 0.25) is 0 Å². The number of para-hydroxylation sites is 2. The van der Waals surface area contributed by atoms with Crippen molar-refractivity contribution in [2.45, 2.75) is 13.1 Å². The van der Waals surface area contributed by atoms with Crippen LogP contribution in [0.5, 0.6) is 0 Å². The molecule has 0 aromatic heterocycles. The number of rotatable bonds is 3. The third-order valence-corrected chi connectivity index (χ3v) is 2.69. The fourth-order valence-electron chi connectivity index (χ4n) is 1.89. The fraction of sp³-hybridized carbons (Fsp3) is 0.231. The summed E-state index contributed by atoms with van der Waals surface area (Å²) in [6, 6.07) is 7.94. The Balaban J connectivity index is 2.26. The molecule has 0 aliphatic carbocycles. The molecule has 2 rings (SSSR count). The van der Waals surface area contributed by atoms with E-state index in [0.29, 0.717) is 0 Å². The van der Waals surface area contributed by atoms with Crippen LogP contribution in [0, 0.1) is 0 Å². The van der Waals surface area contributed by atoms with E-state index >= 15 is 0 Å². The number of nitrogens with zero attached hydrogens (tertiary/aromatic N) is 1. The SMILES string of the molecule is CCN(c1ccccc1N)C1C=CC=CN1. The van der Waals surface area contributed by atoms with Crippen molar-refractivity contribution in [3.8, 4) is 0 Å². The summed E-state index contributed by atoms with van der Waals surface area (Å²) < 4.78 is 0. The summed E-state index contributed by atoms with van der Waals surface area (Å²) in [6.07, 6.45) is 8.28. The Morgan fingerprint density at radius 3 is 2.75 bits per heavy atom. The Labute approximate surface area is 96.3 Å². The van der Waals surface area contributed by atoms with Crippen molar-refractivity contribution < 1.29 is 0 Å². The van der Waals surface area contributed by atoms with Crippen LogP contribution in [0.2, 0.25) is 0 Å². The van der Waals surface area contributed by atoms with Gasteiger partial charge in [0.05, 0.1) is 11.4 Å². The number of nitrogen functional groups attached to an aromatic ring is 1. The van der Waals surface area contributed by atoms with Crippen molar-refractivity contribution >= 4 is 11.4 Å². The second-order valence-corrected chi connectivity index (χ2v) is 3.70. The van der Waals surface area contributed by atoms with Gasteiger partial charge in [-0.1, -0.05) is 18.2 Å². The van der Waals surface area contributed by atoms with E-state index < -0.39 is 0 Å². The zero-order chi connectivity index (χ0) is 11.4. The Hall–Kier alpha value is -1.90. The van der Waals surface area contributed by atoms with Crippen LogP contribution < -0.4 is 16.0 Å². The molecule has 1 aromatic carbocycles. The summed E-state index contributed by atoms with van der Waals surface area (Å²) >= 11 is 0. The van der Waals surface area contributed by atoms with E-state index in [4.69, 9.17) is 5.73 Å². The average Bonchev–Trinajstić information content (AvgIpc) is 2.34. The Morgan fingerprint density at radius 2 is 2.12 bits per heavy atom. The van der Waals surface area contributed by atoms with Crippen molar-refractivity contribution in [3.05, 3.63) is 48.7 Å². The third-order valence-electron chi connectivity index (χ3n) is 2.69. The smallest absolute Gasteiger partial charge is 0.118 e. The number of anilines is 2. The van der Waals surface area contributed by atoms with Crippen LogP contribution in [-0.4, -0.2) is 12.7 Å². The number of allylic oxidation sites excluding steroid dienone is 2. The summed E-state index contributed by atoms with van der Waals surface area (Å²) in [6.45, 7) is 3.03. The summed E-state index contributed by atoms with van der Waals surface area (Å²) in [7, 11) is 0. The first-order valence-electron chi connectivity index (χ1n) is 5.53. The Kier molecular flexibility index (Phi) is 3.15. The number of dihydropyridines is 1. The normalized spacial score (nSPS) is 18.2. The van der Waals surface area contributed by atoms with Gasteiger partial charge in [0.25, 0.3) is 0 Å². The molecule has 1 aromatic rings. The molecular weight excluding hydrogens is 198 g/mol. The highest BCUT2D eigenvalue weighted by Crippen LogP contribution is 2.24. The van der Waals surface area contributed by atoms with Crippen LogP contribution in [-0.2, 0) is 0 Å². The monoisotopic (exact) mass is 215 g/mol. The first-order chi connectivity index (χ1) is 7.83. The topological polar surface area (TPSA) is 41.3 Å². The predicted molar refractivity (Wildman–Crippen MR) is 69.1 cm³/mol. The molecule has 0 saturated heterocycles. The zero-order valence-electron chi connectivity index (χ0n) is 9.43. The molecule has 0 amide bonds. The number of hydrogen-bond acceptors (Lipinski definition) is 3. The van der Waals surface area contributed by atoms with Crippen LogP contribution in [0.15, 0.2) is 48.7 Å². The number of nitrogens with two attached hydrogens (primary N) is 1. The standard InChI is InChI=1S/C13H17N3/c1-2-16(13-9-5-6-10-15-13)12-8-4-3-7-11(12)14/h3-10,13,15H,2,14H2,1H3. The van der Waals surface area contributed by atoms with Gasteiger partial charge in [-0.3, -0.25) is 0 Å². The molecule has 0 fully saturated rings.